The first kappa shape index (κ1) is 16.9. The molecule has 0 radical (unpaired) electrons. The maximum absolute atomic E-state index is 12.9. The molecule has 1 heterocycles. The van der Waals surface area contributed by atoms with Crippen LogP contribution in [-0.2, 0) is 16.2 Å². The highest BCUT2D eigenvalue weighted by molar-refractivity contribution is 7.90. The van der Waals surface area contributed by atoms with Crippen LogP contribution in [0.1, 0.15) is 31.2 Å². The van der Waals surface area contributed by atoms with Gasteiger partial charge in [-0.1, -0.05) is 24.4 Å². The highest BCUT2D eigenvalue weighted by Crippen LogP contribution is 2.39. The summed E-state index contributed by atoms with van der Waals surface area (Å²) in [6.07, 6.45) is -2.05. The molecule has 1 aliphatic heterocycles. The van der Waals surface area contributed by atoms with Crippen molar-refractivity contribution in [1.29, 1.82) is 0 Å². The van der Waals surface area contributed by atoms with E-state index in [0.717, 1.165) is 31.4 Å². The smallest absolute Gasteiger partial charge is 0.369 e. The summed E-state index contributed by atoms with van der Waals surface area (Å²) in [7, 11) is -3.42. The summed E-state index contributed by atoms with van der Waals surface area (Å²) >= 11 is 5.59. The largest absolute Gasteiger partial charge is 0.417 e. The van der Waals surface area contributed by atoms with Crippen molar-refractivity contribution in [1.82, 2.24) is 4.72 Å². The van der Waals surface area contributed by atoms with Gasteiger partial charge in [0.2, 0.25) is 10.0 Å². The first-order valence-electron chi connectivity index (χ1n) is 7.33. The number of hydrogen-bond donors (Lipinski definition) is 2. The summed E-state index contributed by atoms with van der Waals surface area (Å²) in [5.41, 5.74) is -0.745. The third-order valence-corrected chi connectivity index (χ3v) is 6.76. The first-order valence-corrected chi connectivity index (χ1v) is 9.25. The van der Waals surface area contributed by atoms with Gasteiger partial charge in [0, 0.05) is 11.6 Å². The van der Waals surface area contributed by atoms with E-state index in [1.165, 1.54) is 6.07 Å². The molecule has 1 aliphatic carbocycles. The minimum absolute atomic E-state index is 0.140. The third kappa shape index (κ3) is 3.29. The number of rotatable bonds is 2. The van der Waals surface area contributed by atoms with Gasteiger partial charge in [-0.25, -0.2) is 8.42 Å². The Labute approximate surface area is 137 Å². The van der Waals surface area contributed by atoms with E-state index in [4.69, 9.17) is 11.6 Å². The minimum Gasteiger partial charge on any atom is -0.369 e. The van der Waals surface area contributed by atoms with Gasteiger partial charge in [-0.3, -0.25) is 0 Å². The minimum atomic E-state index is -4.56. The number of hydrogen-bond acceptors (Lipinski definition) is 3. The molecule has 4 nitrogen and oxygen atoms in total. The summed E-state index contributed by atoms with van der Waals surface area (Å²) in [5.74, 6) is -0.140. The van der Waals surface area contributed by atoms with Gasteiger partial charge in [0.1, 0.15) is 0 Å². The van der Waals surface area contributed by atoms with Crippen LogP contribution < -0.4 is 10.0 Å². The molecule has 3 unspecified atom stereocenters. The molecule has 128 valence electrons. The van der Waals surface area contributed by atoms with E-state index < -0.39 is 33.2 Å². The number of halogens is 4. The van der Waals surface area contributed by atoms with Crippen LogP contribution >= 0.6 is 11.6 Å². The maximum Gasteiger partial charge on any atom is 0.417 e. The molecule has 1 aromatic carbocycles. The van der Waals surface area contributed by atoms with Crippen LogP contribution in [0.15, 0.2) is 18.2 Å². The molecular formula is C14H16ClF3N2O2S. The molecule has 1 saturated heterocycles. The van der Waals surface area contributed by atoms with Gasteiger partial charge in [0.15, 0.2) is 0 Å². The zero-order valence-corrected chi connectivity index (χ0v) is 13.6. The van der Waals surface area contributed by atoms with Gasteiger partial charge in [-0.05, 0) is 31.0 Å². The fourth-order valence-electron chi connectivity index (χ4n) is 3.39. The van der Waals surface area contributed by atoms with Crippen LogP contribution in [0.2, 0.25) is 5.02 Å². The van der Waals surface area contributed by atoms with Crippen LogP contribution in [0, 0.1) is 5.92 Å². The fourth-order valence-corrected chi connectivity index (χ4v) is 5.61. The third-order valence-electron chi connectivity index (χ3n) is 4.47. The molecule has 0 spiro atoms. The number of benzene rings is 1. The Hall–Kier alpha value is -0.990. The van der Waals surface area contributed by atoms with Crippen molar-refractivity contribution < 1.29 is 21.6 Å². The van der Waals surface area contributed by atoms with Crippen LogP contribution in [0.25, 0.3) is 0 Å². The predicted octanol–water partition coefficient (Wildman–Crippen LogP) is 3.59. The SMILES string of the molecule is O=S1(=O)NC(Nc2ccc(Cl)c(C(F)(F)F)c2)C2CCCCC21. The molecule has 3 rings (SSSR count). The fraction of sp³-hybridized carbons (Fsp3) is 0.571. The predicted molar refractivity (Wildman–Crippen MR) is 81.7 cm³/mol. The average molecular weight is 369 g/mol. The van der Waals surface area contributed by atoms with Gasteiger partial charge in [0.05, 0.1) is 22.0 Å². The number of anilines is 1. The van der Waals surface area contributed by atoms with Crippen LogP contribution in [0.5, 0.6) is 0 Å². The number of alkyl halides is 3. The lowest BCUT2D eigenvalue weighted by atomic mass is 9.86. The van der Waals surface area contributed by atoms with Gasteiger partial charge in [-0.15, -0.1) is 0 Å². The maximum atomic E-state index is 12.9. The van der Waals surface area contributed by atoms with E-state index in [9.17, 15) is 21.6 Å². The number of sulfonamides is 1. The molecule has 2 fully saturated rings. The van der Waals surface area contributed by atoms with E-state index in [-0.39, 0.29) is 16.6 Å². The lowest BCUT2D eigenvalue weighted by Gasteiger charge is -2.27. The lowest BCUT2D eigenvalue weighted by Crippen LogP contribution is -2.37. The van der Waals surface area contributed by atoms with Crippen molar-refractivity contribution in [2.45, 2.75) is 43.3 Å². The second-order valence-corrected chi connectivity index (χ2v) is 8.30. The Morgan fingerprint density at radius 3 is 2.61 bits per heavy atom. The average Bonchev–Trinajstić information content (AvgIpc) is 2.72. The van der Waals surface area contributed by atoms with E-state index in [1.54, 1.807) is 0 Å². The first-order chi connectivity index (χ1) is 10.7. The van der Waals surface area contributed by atoms with Crippen molar-refractivity contribution in [2.75, 3.05) is 5.32 Å². The second-order valence-electron chi connectivity index (χ2n) is 5.96. The Bertz CT molecular complexity index is 708. The standard InChI is InChI=1S/C14H16ClF3N2O2S/c15-11-6-5-8(7-10(11)14(16,17)18)19-13-9-3-1-2-4-12(9)23(21,22)20-13/h5-7,9,12-13,19-20H,1-4H2. The van der Waals surface area contributed by atoms with Crippen molar-refractivity contribution in [2.24, 2.45) is 5.92 Å². The van der Waals surface area contributed by atoms with Crippen molar-refractivity contribution in [3.63, 3.8) is 0 Å². The highest BCUT2D eigenvalue weighted by atomic mass is 35.5. The molecule has 0 bridgehead atoms. The molecular weight excluding hydrogens is 353 g/mol. The zero-order valence-electron chi connectivity index (χ0n) is 12.0. The normalized spacial score (nSPS) is 30.0. The topological polar surface area (TPSA) is 58.2 Å². The summed E-state index contributed by atoms with van der Waals surface area (Å²) in [6.45, 7) is 0. The van der Waals surface area contributed by atoms with E-state index >= 15 is 0 Å². The Kier molecular flexibility index (Phi) is 4.27. The summed E-state index contributed by atoms with van der Waals surface area (Å²) in [5, 5.41) is 2.03. The summed E-state index contributed by atoms with van der Waals surface area (Å²) in [6, 6.07) is 3.49. The lowest BCUT2D eigenvalue weighted by molar-refractivity contribution is -0.137. The molecule has 0 amide bonds. The summed E-state index contributed by atoms with van der Waals surface area (Å²) in [4.78, 5) is 0. The van der Waals surface area contributed by atoms with Crippen molar-refractivity contribution >= 4 is 27.3 Å². The molecule has 3 atom stereocenters. The zero-order chi connectivity index (χ0) is 16.8. The molecule has 2 N–H and O–H groups in total. The van der Waals surface area contributed by atoms with Crippen LogP contribution in [0.3, 0.4) is 0 Å². The van der Waals surface area contributed by atoms with Crippen molar-refractivity contribution in [3.05, 3.63) is 28.8 Å². The van der Waals surface area contributed by atoms with E-state index in [1.807, 2.05) is 0 Å². The van der Waals surface area contributed by atoms with E-state index in [0.29, 0.717) is 6.42 Å². The Morgan fingerprint density at radius 1 is 1.22 bits per heavy atom. The quantitative estimate of drug-likeness (QED) is 0.838. The number of fused-ring (bicyclic) bond motifs is 1. The van der Waals surface area contributed by atoms with Gasteiger partial charge in [0.25, 0.3) is 0 Å². The van der Waals surface area contributed by atoms with Crippen molar-refractivity contribution in [3.8, 4) is 0 Å². The van der Waals surface area contributed by atoms with Crippen LogP contribution in [-0.4, -0.2) is 19.8 Å². The Morgan fingerprint density at radius 2 is 1.91 bits per heavy atom. The van der Waals surface area contributed by atoms with Gasteiger partial charge in [-0.2, -0.15) is 17.9 Å². The number of nitrogens with one attached hydrogen (secondary N) is 2. The van der Waals surface area contributed by atoms with Gasteiger partial charge >= 0.3 is 6.18 Å². The molecule has 23 heavy (non-hydrogen) atoms. The molecule has 9 heteroatoms. The summed E-state index contributed by atoms with van der Waals surface area (Å²) < 4.78 is 65.5. The van der Waals surface area contributed by atoms with Gasteiger partial charge < -0.3 is 5.32 Å². The van der Waals surface area contributed by atoms with Crippen LogP contribution in [0.4, 0.5) is 18.9 Å². The molecule has 1 aromatic rings. The molecule has 2 aliphatic rings. The Balaban J connectivity index is 1.85. The highest BCUT2D eigenvalue weighted by Gasteiger charge is 2.47. The second kappa shape index (κ2) is 5.82. The monoisotopic (exact) mass is 368 g/mol. The molecule has 0 aromatic heterocycles. The van der Waals surface area contributed by atoms with E-state index in [2.05, 4.69) is 10.0 Å². The molecule has 1 saturated carbocycles.